The highest BCUT2D eigenvalue weighted by molar-refractivity contribution is 5.94. The predicted molar refractivity (Wildman–Crippen MR) is 90.0 cm³/mol. The average Bonchev–Trinajstić information content (AvgIpc) is 2.90. The second kappa shape index (κ2) is 7.93. The Morgan fingerprint density at radius 1 is 0.880 bits per heavy atom. The predicted octanol–water partition coefficient (Wildman–Crippen LogP) is 3.22. The molecule has 4 nitrogen and oxygen atoms in total. The molecule has 136 valence electrons. The van der Waals surface area contributed by atoms with Crippen LogP contribution in [0.4, 0.5) is 8.78 Å². The van der Waals surface area contributed by atoms with E-state index in [4.69, 9.17) is 0 Å². The Kier molecular flexibility index (Phi) is 5.66. The van der Waals surface area contributed by atoms with E-state index in [9.17, 15) is 18.4 Å². The average molecular weight is 350 g/mol. The number of amides is 2. The van der Waals surface area contributed by atoms with Crippen LogP contribution in [0.25, 0.3) is 0 Å². The van der Waals surface area contributed by atoms with Crippen LogP contribution in [0, 0.1) is 17.6 Å². The Bertz CT molecular complexity index is 634. The Balaban J connectivity index is 1.57. The van der Waals surface area contributed by atoms with Crippen molar-refractivity contribution >= 4 is 11.8 Å². The molecule has 0 unspecified atom stereocenters. The van der Waals surface area contributed by atoms with Gasteiger partial charge in [-0.1, -0.05) is 12.8 Å². The van der Waals surface area contributed by atoms with Crippen LogP contribution in [0.15, 0.2) is 18.2 Å². The standard InChI is InChI=1S/C19H24F2N2O2/c20-15-5-6-16(17(21)13-15)19(25)23-11-7-14(8-12-23)18(24)22-9-3-1-2-4-10-22/h5-6,13-14H,1-4,7-12H2. The van der Waals surface area contributed by atoms with E-state index in [0.29, 0.717) is 25.9 Å². The van der Waals surface area contributed by atoms with Crippen molar-refractivity contribution in [2.24, 2.45) is 5.92 Å². The van der Waals surface area contributed by atoms with Crippen LogP contribution in [0.5, 0.6) is 0 Å². The molecule has 0 aliphatic carbocycles. The van der Waals surface area contributed by atoms with Crippen LogP contribution in [0.1, 0.15) is 48.9 Å². The summed E-state index contributed by atoms with van der Waals surface area (Å²) >= 11 is 0. The highest BCUT2D eigenvalue weighted by Gasteiger charge is 2.31. The first-order valence-electron chi connectivity index (χ1n) is 9.09. The minimum atomic E-state index is -0.840. The van der Waals surface area contributed by atoms with Crippen LogP contribution in [-0.2, 0) is 4.79 Å². The third-order valence-corrected chi connectivity index (χ3v) is 5.21. The molecule has 0 atom stereocenters. The van der Waals surface area contributed by atoms with Crippen LogP contribution in [0.2, 0.25) is 0 Å². The smallest absolute Gasteiger partial charge is 0.256 e. The SMILES string of the molecule is O=C(c1ccc(F)cc1F)N1CCC(C(=O)N2CCCCCC2)CC1. The molecule has 0 radical (unpaired) electrons. The van der Waals surface area contributed by atoms with Crippen molar-refractivity contribution in [1.29, 1.82) is 0 Å². The lowest BCUT2D eigenvalue weighted by Gasteiger charge is -2.34. The zero-order valence-corrected chi connectivity index (χ0v) is 14.3. The van der Waals surface area contributed by atoms with Gasteiger partial charge in [-0.3, -0.25) is 9.59 Å². The molecule has 0 bridgehead atoms. The molecule has 0 spiro atoms. The van der Waals surface area contributed by atoms with Gasteiger partial charge in [-0.15, -0.1) is 0 Å². The van der Waals surface area contributed by atoms with Crippen molar-refractivity contribution in [2.45, 2.75) is 38.5 Å². The maximum Gasteiger partial charge on any atom is 0.256 e. The number of halogens is 2. The van der Waals surface area contributed by atoms with Gasteiger partial charge in [0.25, 0.3) is 5.91 Å². The number of hydrogen-bond acceptors (Lipinski definition) is 2. The summed E-state index contributed by atoms with van der Waals surface area (Å²) < 4.78 is 26.8. The van der Waals surface area contributed by atoms with E-state index in [0.717, 1.165) is 38.1 Å². The lowest BCUT2D eigenvalue weighted by atomic mass is 9.94. The summed E-state index contributed by atoms with van der Waals surface area (Å²) in [5.41, 5.74) is -0.112. The third-order valence-electron chi connectivity index (χ3n) is 5.21. The Hall–Kier alpha value is -1.98. The van der Waals surface area contributed by atoms with Crippen molar-refractivity contribution in [3.63, 3.8) is 0 Å². The Labute approximate surface area is 146 Å². The fraction of sp³-hybridized carbons (Fsp3) is 0.579. The first-order valence-corrected chi connectivity index (χ1v) is 9.09. The zero-order chi connectivity index (χ0) is 17.8. The van der Waals surface area contributed by atoms with E-state index in [-0.39, 0.29) is 17.4 Å². The summed E-state index contributed by atoms with van der Waals surface area (Å²) in [6.07, 6.45) is 5.69. The first kappa shape index (κ1) is 17.8. The molecule has 2 aliphatic rings. The quantitative estimate of drug-likeness (QED) is 0.822. The largest absolute Gasteiger partial charge is 0.342 e. The van der Waals surface area contributed by atoms with Gasteiger partial charge in [0.1, 0.15) is 11.6 Å². The van der Waals surface area contributed by atoms with Gasteiger partial charge in [-0.2, -0.15) is 0 Å². The van der Waals surface area contributed by atoms with Crippen molar-refractivity contribution < 1.29 is 18.4 Å². The molecule has 1 aromatic rings. The summed E-state index contributed by atoms with van der Waals surface area (Å²) in [5, 5.41) is 0. The van der Waals surface area contributed by atoms with E-state index in [1.807, 2.05) is 4.90 Å². The molecular formula is C19H24F2N2O2. The lowest BCUT2D eigenvalue weighted by Crippen LogP contribution is -2.44. The summed E-state index contributed by atoms with van der Waals surface area (Å²) in [6, 6.07) is 3.00. The number of piperidine rings is 1. The van der Waals surface area contributed by atoms with Crippen molar-refractivity contribution in [3.05, 3.63) is 35.4 Å². The third kappa shape index (κ3) is 4.17. The Morgan fingerprint density at radius 2 is 1.52 bits per heavy atom. The zero-order valence-electron chi connectivity index (χ0n) is 14.3. The summed E-state index contributed by atoms with van der Waals surface area (Å²) in [5.74, 6) is -1.83. The number of rotatable bonds is 2. The normalized spacial score (nSPS) is 19.6. The van der Waals surface area contributed by atoms with Gasteiger partial charge in [0.05, 0.1) is 5.56 Å². The molecule has 2 aliphatic heterocycles. The molecule has 25 heavy (non-hydrogen) atoms. The van der Waals surface area contributed by atoms with Gasteiger partial charge in [0.2, 0.25) is 5.91 Å². The van der Waals surface area contributed by atoms with E-state index >= 15 is 0 Å². The fourth-order valence-electron chi connectivity index (χ4n) is 3.71. The van der Waals surface area contributed by atoms with Gasteiger partial charge in [-0.05, 0) is 37.8 Å². The van der Waals surface area contributed by atoms with E-state index < -0.39 is 17.5 Å². The van der Waals surface area contributed by atoms with Crippen molar-refractivity contribution in [1.82, 2.24) is 9.80 Å². The number of carbonyl (C=O) groups excluding carboxylic acids is 2. The molecule has 2 amide bonds. The molecule has 0 saturated carbocycles. The first-order chi connectivity index (χ1) is 12.1. The van der Waals surface area contributed by atoms with Crippen LogP contribution >= 0.6 is 0 Å². The molecule has 0 aromatic heterocycles. The number of carbonyl (C=O) groups is 2. The molecular weight excluding hydrogens is 326 g/mol. The second-order valence-electron chi connectivity index (χ2n) is 6.93. The lowest BCUT2D eigenvalue weighted by molar-refractivity contribution is -0.136. The summed E-state index contributed by atoms with van der Waals surface area (Å²) in [4.78, 5) is 28.6. The Morgan fingerprint density at radius 3 is 2.12 bits per heavy atom. The fourth-order valence-corrected chi connectivity index (χ4v) is 3.71. The molecule has 0 N–H and O–H groups in total. The number of nitrogens with zero attached hydrogens (tertiary/aromatic N) is 2. The topological polar surface area (TPSA) is 40.6 Å². The molecule has 2 saturated heterocycles. The highest BCUT2D eigenvalue weighted by atomic mass is 19.1. The van der Waals surface area contributed by atoms with Crippen LogP contribution < -0.4 is 0 Å². The molecule has 3 rings (SSSR count). The number of benzene rings is 1. The van der Waals surface area contributed by atoms with Gasteiger partial charge >= 0.3 is 0 Å². The number of hydrogen-bond donors (Lipinski definition) is 0. The maximum absolute atomic E-state index is 13.8. The molecule has 6 heteroatoms. The van der Waals surface area contributed by atoms with E-state index in [1.165, 1.54) is 18.9 Å². The summed E-state index contributed by atoms with van der Waals surface area (Å²) in [6.45, 7) is 2.53. The minimum absolute atomic E-state index is 0.0554. The van der Waals surface area contributed by atoms with Crippen LogP contribution in [-0.4, -0.2) is 47.8 Å². The molecule has 1 aromatic carbocycles. The maximum atomic E-state index is 13.8. The monoisotopic (exact) mass is 350 g/mol. The van der Waals surface area contributed by atoms with Gasteiger partial charge in [0.15, 0.2) is 0 Å². The highest BCUT2D eigenvalue weighted by Crippen LogP contribution is 2.23. The van der Waals surface area contributed by atoms with E-state index in [1.54, 1.807) is 4.90 Å². The number of likely N-dealkylation sites (tertiary alicyclic amines) is 2. The van der Waals surface area contributed by atoms with Crippen LogP contribution in [0.3, 0.4) is 0 Å². The van der Waals surface area contributed by atoms with Crippen molar-refractivity contribution in [2.75, 3.05) is 26.2 Å². The second-order valence-corrected chi connectivity index (χ2v) is 6.93. The molecule has 2 heterocycles. The summed E-state index contributed by atoms with van der Waals surface area (Å²) in [7, 11) is 0. The van der Waals surface area contributed by atoms with Crippen molar-refractivity contribution in [3.8, 4) is 0 Å². The van der Waals surface area contributed by atoms with Gasteiger partial charge < -0.3 is 9.80 Å². The molecule has 2 fully saturated rings. The van der Waals surface area contributed by atoms with Gasteiger partial charge in [-0.25, -0.2) is 8.78 Å². The van der Waals surface area contributed by atoms with E-state index in [2.05, 4.69) is 0 Å². The van der Waals surface area contributed by atoms with Gasteiger partial charge in [0, 0.05) is 38.2 Å². The minimum Gasteiger partial charge on any atom is -0.342 e.